The topological polar surface area (TPSA) is 120 Å². The summed E-state index contributed by atoms with van der Waals surface area (Å²) >= 11 is 0. The number of carbonyl (C=O) groups is 1. The molecule has 3 aliphatic heterocycles. The van der Waals surface area contributed by atoms with E-state index in [9.17, 15) is 9.90 Å². The van der Waals surface area contributed by atoms with Crippen LogP contribution in [0.5, 0.6) is 5.75 Å². The van der Waals surface area contributed by atoms with Gasteiger partial charge in [-0.15, -0.1) is 10.2 Å². The Labute approximate surface area is 215 Å². The minimum Gasteiger partial charge on any atom is -0.507 e. The maximum atomic E-state index is 12.5. The van der Waals surface area contributed by atoms with Crippen molar-refractivity contribution in [2.75, 3.05) is 41.3 Å². The van der Waals surface area contributed by atoms with Crippen LogP contribution in [0.4, 0.5) is 22.2 Å². The van der Waals surface area contributed by atoms with Gasteiger partial charge in [-0.2, -0.15) is 0 Å². The van der Waals surface area contributed by atoms with E-state index in [2.05, 4.69) is 30.3 Å². The third-order valence-corrected chi connectivity index (χ3v) is 6.83. The van der Waals surface area contributed by atoms with Crippen LogP contribution in [0.3, 0.4) is 0 Å². The molecule has 0 bridgehead atoms. The number of phenols is 1. The first-order chi connectivity index (χ1) is 17.7. The fraction of sp³-hybridized carbons (Fsp3) is 0.423. The molecule has 1 atom stereocenters. The van der Waals surface area contributed by atoms with E-state index in [4.69, 9.17) is 9.72 Å². The smallest absolute Gasteiger partial charge is 0.410 e. The Hall–Kier alpha value is -4.15. The van der Waals surface area contributed by atoms with Gasteiger partial charge in [-0.1, -0.05) is 12.1 Å². The molecule has 1 amide bonds. The number of amides is 1. The number of carbonyl (C=O) groups excluding carboxylic acids is 1. The van der Waals surface area contributed by atoms with Gasteiger partial charge in [0.05, 0.1) is 36.2 Å². The Morgan fingerprint density at radius 1 is 1.16 bits per heavy atom. The van der Waals surface area contributed by atoms with Gasteiger partial charge in [0.1, 0.15) is 11.4 Å². The Bertz CT molecular complexity index is 1360. The van der Waals surface area contributed by atoms with Crippen LogP contribution in [-0.2, 0) is 17.8 Å². The van der Waals surface area contributed by atoms with Crippen molar-refractivity contribution in [3.8, 4) is 17.0 Å². The fourth-order valence-electron chi connectivity index (χ4n) is 5.04. The van der Waals surface area contributed by atoms with E-state index in [1.54, 1.807) is 17.0 Å². The molecule has 0 unspecified atom stereocenters. The highest BCUT2D eigenvalue weighted by Gasteiger charge is 2.35. The van der Waals surface area contributed by atoms with Gasteiger partial charge in [0.15, 0.2) is 5.82 Å². The maximum absolute atomic E-state index is 12.5. The van der Waals surface area contributed by atoms with E-state index in [1.165, 1.54) is 0 Å². The number of piperazine rings is 1. The van der Waals surface area contributed by atoms with Crippen LogP contribution >= 0.6 is 0 Å². The maximum Gasteiger partial charge on any atom is 0.410 e. The molecule has 0 radical (unpaired) electrons. The molecule has 0 saturated carbocycles. The van der Waals surface area contributed by atoms with E-state index in [-0.39, 0.29) is 17.9 Å². The average molecular weight is 503 g/mol. The van der Waals surface area contributed by atoms with Gasteiger partial charge in [-0.3, -0.25) is 4.90 Å². The van der Waals surface area contributed by atoms with Crippen LogP contribution < -0.4 is 15.1 Å². The highest BCUT2D eigenvalue weighted by molar-refractivity contribution is 5.76. The zero-order valence-electron chi connectivity index (χ0n) is 21.2. The lowest BCUT2D eigenvalue weighted by Crippen LogP contribution is -2.58. The number of hydrogen-bond acceptors (Lipinski definition) is 10. The zero-order chi connectivity index (χ0) is 25.7. The minimum atomic E-state index is -0.539. The van der Waals surface area contributed by atoms with E-state index >= 15 is 0 Å². The first kappa shape index (κ1) is 23.3. The summed E-state index contributed by atoms with van der Waals surface area (Å²) in [5, 5.41) is 22.4. The summed E-state index contributed by atoms with van der Waals surface area (Å²) in [6.45, 7) is 9.47. The number of benzene rings is 1. The lowest BCUT2D eigenvalue weighted by molar-refractivity contribution is 0.0240. The molecule has 0 aliphatic carbocycles. The molecular formula is C26H30N8O3. The van der Waals surface area contributed by atoms with Crippen molar-refractivity contribution in [3.63, 3.8) is 0 Å². The standard InChI is InChI=1S/C26H30N8O3/c1-26(2,3)37-25(36)33-13-16-11-28-24(29-20(16)15-33)32-8-9-34-17(14-32)12-27-23-21(34)10-19(30-31-23)18-6-4-5-7-22(18)35/h4-7,10-11,17,35H,8-9,12-15H2,1-3H3,(H,27,31)/t17-/m0/s1. The highest BCUT2D eigenvalue weighted by Crippen LogP contribution is 2.36. The Morgan fingerprint density at radius 2 is 2.00 bits per heavy atom. The van der Waals surface area contributed by atoms with E-state index in [1.807, 2.05) is 45.2 Å². The summed E-state index contributed by atoms with van der Waals surface area (Å²) in [7, 11) is 0. The van der Waals surface area contributed by atoms with Gasteiger partial charge >= 0.3 is 6.09 Å². The first-order valence-electron chi connectivity index (χ1n) is 12.5. The largest absolute Gasteiger partial charge is 0.507 e. The summed E-state index contributed by atoms with van der Waals surface area (Å²) in [6, 6.07) is 9.34. The van der Waals surface area contributed by atoms with Crippen molar-refractivity contribution in [2.45, 2.75) is 45.5 Å². The molecule has 192 valence electrons. The number of rotatable bonds is 2. The van der Waals surface area contributed by atoms with Crippen molar-refractivity contribution < 1.29 is 14.6 Å². The van der Waals surface area contributed by atoms with Gasteiger partial charge < -0.3 is 25.0 Å². The van der Waals surface area contributed by atoms with Crippen LogP contribution in [-0.4, -0.2) is 74.1 Å². The van der Waals surface area contributed by atoms with Crippen LogP contribution in [0.1, 0.15) is 32.0 Å². The number of anilines is 3. The summed E-state index contributed by atoms with van der Waals surface area (Å²) < 4.78 is 5.52. The summed E-state index contributed by atoms with van der Waals surface area (Å²) in [5.74, 6) is 1.61. The highest BCUT2D eigenvalue weighted by atomic mass is 16.6. The number of ether oxygens (including phenoxy) is 1. The summed E-state index contributed by atoms with van der Waals surface area (Å²) in [4.78, 5) is 28.2. The quantitative estimate of drug-likeness (QED) is 0.541. The van der Waals surface area contributed by atoms with Gasteiger partial charge in [0.25, 0.3) is 0 Å². The summed E-state index contributed by atoms with van der Waals surface area (Å²) in [5.41, 5.74) is 3.56. The van der Waals surface area contributed by atoms with Crippen LogP contribution in [0.2, 0.25) is 0 Å². The van der Waals surface area contributed by atoms with Gasteiger partial charge in [-0.05, 0) is 39.0 Å². The zero-order valence-corrected chi connectivity index (χ0v) is 21.2. The SMILES string of the molecule is CC(C)(C)OC(=O)N1Cc2cnc(N3CCN4c5cc(-c6ccccc6O)nnc5NC[C@H]4C3)nc2C1. The third kappa shape index (κ3) is 4.45. The molecule has 0 spiro atoms. The number of phenolic OH excluding ortho intramolecular Hbond substituents is 1. The van der Waals surface area contributed by atoms with E-state index in [0.717, 1.165) is 48.9 Å². The molecule has 1 saturated heterocycles. The van der Waals surface area contributed by atoms with Crippen molar-refractivity contribution in [1.29, 1.82) is 0 Å². The number of para-hydroxylation sites is 1. The number of aromatic hydroxyl groups is 1. The molecule has 2 aromatic heterocycles. The second-order valence-corrected chi connectivity index (χ2v) is 10.6. The molecular weight excluding hydrogens is 472 g/mol. The van der Waals surface area contributed by atoms with Gasteiger partial charge in [0.2, 0.25) is 5.95 Å². The predicted octanol–water partition coefficient (Wildman–Crippen LogP) is 3.01. The minimum absolute atomic E-state index is 0.181. The first-order valence-corrected chi connectivity index (χ1v) is 12.5. The second-order valence-electron chi connectivity index (χ2n) is 10.6. The predicted molar refractivity (Wildman–Crippen MR) is 138 cm³/mol. The Kier molecular flexibility index (Phi) is 5.50. The molecule has 5 heterocycles. The number of hydrogen-bond donors (Lipinski definition) is 2. The molecule has 11 nitrogen and oxygen atoms in total. The molecule has 3 aliphatic rings. The van der Waals surface area contributed by atoms with Crippen LogP contribution in [0.25, 0.3) is 11.3 Å². The molecule has 11 heteroatoms. The van der Waals surface area contributed by atoms with Crippen molar-refractivity contribution in [3.05, 3.63) is 47.8 Å². The lowest BCUT2D eigenvalue weighted by Gasteiger charge is -2.45. The summed E-state index contributed by atoms with van der Waals surface area (Å²) in [6.07, 6.45) is 1.50. The van der Waals surface area contributed by atoms with Gasteiger partial charge in [-0.25, -0.2) is 14.8 Å². The van der Waals surface area contributed by atoms with Crippen molar-refractivity contribution in [1.82, 2.24) is 25.1 Å². The van der Waals surface area contributed by atoms with Crippen molar-refractivity contribution in [2.24, 2.45) is 0 Å². The number of fused-ring (bicyclic) bond motifs is 4. The lowest BCUT2D eigenvalue weighted by atomic mass is 10.1. The third-order valence-electron chi connectivity index (χ3n) is 6.83. The Morgan fingerprint density at radius 3 is 2.81 bits per heavy atom. The fourth-order valence-corrected chi connectivity index (χ4v) is 5.04. The number of nitrogens with one attached hydrogen (secondary N) is 1. The molecule has 37 heavy (non-hydrogen) atoms. The number of nitrogens with zero attached hydrogens (tertiary/aromatic N) is 7. The molecule has 6 rings (SSSR count). The molecule has 3 aromatic rings. The van der Waals surface area contributed by atoms with E-state index in [0.29, 0.717) is 30.3 Å². The van der Waals surface area contributed by atoms with Gasteiger partial charge in [0, 0.05) is 43.5 Å². The van der Waals surface area contributed by atoms with Crippen LogP contribution in [0, 0.1) is 0 Å². The normalized spacial score (nSPS) is 18.6. The average Bonchev–Trinajstić information content (AvgIpc) is 3.31. The van der Waals surface area contributed by atoms with E-state index < -0.39 is 5.60 Å². The van der Waals surface area contributed by atoms with Crippen molar-refractivity contribution >= 4 is 23.5 Å². The second kappa shape index (κ2) is 8.75. The molecule has 1 fully saturated rings. The molecule has 2 N–H and O–H groups in total. The number of aromatic nitrogens is 4. The Balaban J connectivity index is 1.18. The monoisotopic (exact) mass is 502 g/mol. The van der Waals surface area contributed by atoms with Crippen LogP contribution in [0.15, 0.2) is 36.5 Å². The molecule has 1 aromatic carbocycles.